The summed E-state index contributed by atoms with van der Waals surface area (Å²) in [6, 6.07) is 3.77. The van der Waals surface area contributed by atoms with E-state index in [1.54, 1.807) is 7.05 Å². The molecule has 0 aliphatic heterocycles. The van der Waals surface area contributed by atoms with E-state index in [4.69, 9.17) is 4.74 Å². The van der Waals surface area contributed by atoms with Crippen LogP contribution in [0.5, 0.6) is 0 Å². The fourth-order valence-electron chi connectivity index (χ4n) is 1.63. The molecule has 0 heterocycles. The second kappa shape index (κ2) is 7.77. The van der Waals surface area contributed by atoms with Gasteiger partial charge in [-0.2, -0.15) is 0 Å². The van der Waals surface area contributed by atoms with Crippen LogP contribution >= 0.6 is 0 Å². The maximum Gasteiger partial charge on any atom is 0.341 e. The lowest BCUT2D eigenvalue weighted by Crippen LogP contribution is -2.35. The number of carbonyl (C=O) groups is 2. The summed E-state index contributed by atoms with van der Waals surface area (Å²) in [6.07, 6.45) is 0.461. The SMILES string of the molecule is C=CCNC(=O)[C@@H](C)OC(=O)c1cc([N+](=O)[O-])ccc1NC. The lowest BCUT2D eigenvalue weighted by Gasteiger charge is -2.14. The normalized spacial score (nSPS) is 11.2. The van der Waals surface area contributed by atoms with Crippen molar-refractivity contribution >= 4 is 23.3 Å². The van der Waals surface area contributed by atoms with Crippen molar-refractivity contribution in [1.82, 2.24) is 5.32 Å². The van der Waals surface area contributed by atoms with Gasteiger partial charge in [0.15, 0.2) is 6.10 Å². The number of nitrogens with one attached hydrogen (secondary N) is 2. The number of hydrogen-bond acceptors (Lipinski definition) is 6. The van der Waals surface area contributed by atoms with E-state index in [1.807, 2.05) is 0 Å². The molecule has 1 aromatic rings. The number of ether oxygens (including phenoxy) is 1. The van der Waals surface area contributed by atoms with Crippen LogP contribution in [0.25, 0.3) is 0 Å². The van der Waals surface area contributed by atoms with Crippen LogP contribution in [-0.4, -0.2) is 36.5 Å². The molecular weight excluding hydrogens is 290 g/mol. The molecule has 1 amide bonds. The lowest BCUT2D eigenvalue weighted by molar-refractivity contribution is -0.384. The molecule has 0 aliphatic carbocycles. The average molecular weight is 307 g/mol. The molecule has 118 valence electrons. The monoisotopic (exact) mass is 307 g/mol. The number of carbonyl (C=O) groups excluding carboxylic acids is 2. The van der Waals surface area contributed by atoms with Crippen LogP contribution in [-0.2, 0) is 9.53 Å². The summed E-state index contributed by atoms with van der Waals surface area (Å²) in [5, 5.41) is 16.0. The predicted molar refractivity (Wildman–Crippen MR) is 80.7 cm³/mol. The van der Waals surface area contributed by atoms with Crippen LogP contribution in [0.1, 0.15) is 17.3 Å². The highest BCUT2D eigenvalue weighted by atomic mass is 16.6. The first-order valence-corrected chi connectivity index (χ1v) is 6.46. The van der Waals surface area contributed by atoms with E-state index in [0.29, 0.717) is 5.69 Å². The van der Waals surface area contributed by atoms with Gasteiger partial charge in [-0.15, -0.1) is 6.58 Å². The van der Waals surface area contributed by atoms with Gasteiger partial charge in [0.25, 0.3) is 11.6 Å². The number of hydrogen-bond donors (Lipinski definition) is 2. The van der Waals surface area contributed by atoms with E-state index in [2.05, 4.69) is 17.2 Å². The van der Waals surface area contributed by atoms with Crippen molar-refractivity contribution in [2.24, 2.45) is 0 Å². The number of amides is 1. The fraction of sp³-hybridized carbons (Fsp3) is 0.286. The summed E-state index contributed by atoms with van der Waals surface area (Å²) in [4.78, 5) is 33.9. The first-order chi connectivity index (χ1) is 10.4. The molecule has 0 aliphatic rings. The van der Waals surface area contributed by atoms with Gasteiger partial charge in [0.1, 0.15) is 0 Å². The van der Waals surface area contributed by atoms with Crippen molar-refractivity contribution in [3.63, 3.8) is 0 Å². The molecule has 2 N–H and O–H groups in total. The van der Waals surface area contributed by atoms with Crippen LogP contribution in [0, 0.1) is 10.1 Å². The highest BCUT2D eigenvalue weighted by Gasteiger charge is 2.22. The van der Waals surface area contributed by atoms with Crippen molar-refractivity contribution < 1.29 is 19.2 Å². The Morgan fingerprint density at radius 3 is 2.73 bits per heavy atom. The molecule has 0 bridgehead atoms. The second-order valence-electron chi connectivity index (χ2n) is 4.32. The molecular formula is C14H17N3O5. The van der Waals surface area contributed by atoms with Gasteiger partial charge in [-0.25, -0.2) is 4.79 Å². The summed E-state index contributed by atoms with van der Waals surface area (Å²) in [5.74, 6) is -1.31. The smallest absolute Gasteiger partial charge is 0.341 e. The number of non-ortho nitro benzene ring substituents is 1. The van der Waals surface area contributed by atoms with Crippen LogP contribution < -0.4 is 10.6 Å². The Bertz CT molecular complexity index is 600. The summed E-state index contributed by atoms with van der Waals surface area (Å²) in [5.41, 5.74) is 0.115. The quantitative estimate of drug-likeness (QED) is 0.342. The highest BCUT2D eigenvalue weighted by molar-refractivity contribution is 5.98. The first kappa shape index (κ1) is 17.2. The van der Waals surface area contributed by atoms with E-state index in [1.165, 1.54) is 25.1 Å². The molecule has 1 atom stereocenters. The van der Waals surface area contributed by atoms with E-state index in [-0.39, 0.29) is 17.8 Å². The Kier molecular flexibility index (Phi) is 6.06. The number of rotatable bonds is 7. The zero-order chi connectivity index (χ0) is 16.7. The van der Waals surface area contributed by atoms with Gasteiger partial charge in [0.2, 0.25) is 0 Å². The third kappa shape index (κ3) is 4.30. The van der Waals surface area contributed by atoms with Crippen molar-refractivity contribution in [3.05, 3.63) is 46.5 Å². The molecule has 22 heavy (non-hydrogen) atoms. The average Bonchev–Trinajstić information content (AvgIpc) is 2.51. The molecule has 0 fully saturated rings. The number of nitrogens with zero attached hydrogens (tertiary/aromatic N) is 1. The third-order valence-corrected chi connectivity index (χ3v) is 2.78. The summed E-state index contributed by atoms with van der Waals surface area (Å²) >= 11 is 0. The number of anilines is 1. The van der Waals surface area contributed by atoms with Gasteiger partial charge in [-0.05, 0) is 13.0 Å². The third-order valence-electron chi connectivity index (χ3n) is 2.78. The zero-order valence-electron chi connectivity index (χ0n) is 12.3. The van der Waals surface area contributed by atoms with E-state index in [9.17, 15) is 19.7 Å². The molecule has 0 aromatic heterocycles. The van der Waals surface area contributed by atoms with Gasteiger partial charge in [0.05, 0.1) is 10.5 Å². The summed E-state index contributed by atoms with van der Waals surface area (Å²) < 4.78 is 5.02. The van der Waals surface area contributed by atoms with E-state index < -0.39 is 22.9 Å². The zero-order valence-corrected chi connectivity index (χ0v) is 12.3. The van der Waals surface area contributed by atoms with Crippen LogP contribution in [0.3, 0.4) is 0 Å². The number of nitro groups is 1. The standard InChI is InChI=1S/C14H17N3O5/c1-4-7-16-13(18)9(2)22-14(19)11-8-10(17(20)21)5-6-12(11)15-3/h4-6,8-9,15H,1,7H2,2-3H3,(H,16,18)/t9-/m1/s1. The molecule has 0 radical (unpaired) electrons. The maximum absolute atomic E-state index is 12.1. The maximum atomic E-state index is 12.1. The summed E-state index contributed by atoms with van der Waals surface area (Å²) in [6.45, 7) is 5.11. The van der Waals surface area contributed by atoms with E-state index in [0.717, 1.165) is 6.07 Å². The van der Waals surface area contributed by atoms with Gasteiger partial charge in [0, 0.05) is 31.4 Å². The minimum absolute atomic E-state index is 0.0138. The van der Waals surface area contributed by atoms with Gasteiger partial charge in [-0.3, -0.25) is 14.9 Å². The molecule has 8 nitrogen and oxygen atoms in total. The first-order valence-electron chi connectivity index (χ1n) is 6.46. The molecule has 0 saturated heterocycles. The summed E-state index contributed by atoms with van der Waals surface area (Å²) in [7, 11) is 1.57. The second-order valence-corrected chi connectivity index (χ2v) is 4.32. The van der Waals surface area contributed by atoms with Crippen molar-refractivity contribution in [1.29, 1.82) is 0 Å². The Morgan fingerprint density at radius 1 is 1.50 bits per heavy atom. The Hall–Kier alpha value is -2.90. The van der Waals surface area contributed by atoms with Crippen LogP contribution in [0.4, 0.5) is 11.4 Å². The van der Waals surface area contributed by atoms with Gasteiger partial charge >= 0.3 is 5.97 Å². The van der Waals surface area contributed by atoms with Crippen LogP contribution in [0.15, 0.2) is 30.9 Å². The van der Waals surface area contributed by atoms with Gasteiger partial charge in [-0.1, -0.05) is 6.08 Å². The number of nitro benzene ring substituents is 1. The molecule has 1 rings (SSSR count). The molecule has 0 saturated carbocycles. The van der Waals surface area contributed by atoms with Crippen molar-refractivity contribution in [3.8, 4) is 0 Å². The Balaban J connectivity index is 2.92. The van der Waals surface area contributed by atoms with Gasteiger partial charge < -0.3 is 15.4 Å². The van der Waals surface area contributed by atoms with Crippen molar-refractivity contribution in [2.45, 2.75) is 13.0 Å². The minimum atomic E-state index is -1.03. The van der Waals surface area contributed by atoms with E-state index >= 15 is 0 Å². The van der Waals surface area contributed by atoms with Crippen LogP contribution in [0.2, 0.25) is 0 Å². The Labute approximate surface area is 127 Å². The predicted octanol–water partition coefficient (Wildman–Crippen LogP) is 1.48. The molecule has 0 spiro atoms. The lowest BCUT2D eigenvalue weighted by atomic mass is 10.1. The largest absolute Gasteiger partial charge is 0.449 e. The fourth-order valence-corrected chi connectivity index (χ4v) is 1.63. The van der Waals surface area contributed by atoms with Crippen molar-refractivity contribution in [2.75, 3.05) is 18.9 Å². The Morgan fingerprint density at radius 2 is 2.18 bits per heavy atom. The number of esters is 1. The minimum Gasteiger partial charge on any atom is -0.449 e. The molecule has 0 unspecified atom stereocenters. The topological polar surface area (TPSA) is 111 Å². The highest BCUT2D eigenvalue weighted by Crippen LogP contribution is 2.23. The molecule has 1 aromatic carbocycles. The molecule has 8 heteroatoms. The number of benzene rings is 1.